The van der Waals surface area contributed by atoms with Crippen molar-refractivity contribution in [3.63, 3.8) is 0 Å². The quantitative estimate of drug-likeness (QED) is 0.682. The van der Waals surface area contributed by atoms with Crippen LogP contribution in [0.2, 0.25) is 0 Å². The number of hydrogen-bond acceptors (Lipinski definition) is 2. The van der Waals surface area contributed by atoms with Crippen molar-refractivity contribution in [2.75, 3.05) is 5.32 Å². The Hall–Kier alpha value is -1.87. The van der Waals surface area contributed by atoms with Crippen molar-refractivity contribution in [2.45, 2.75) is 34.1 Å². The van der Waals surface area contributed by atoms with Crippen LogP contribution in [0.25, 0.3) is 0 Å². The first-order chi connectivity index (χ1) is 10.3. The number of benzene rings is 1. The largest absolute Gasteiger partial charge is 0.352 e. The van der Waals surface area contributed by atoms with Crippen LogP contribution in [0.4, 0.5) is 10.1 Å². The van der Waals surface area contributed by atoms with Gasteiger partial charge in [-0.2, -0.15) is 0 Å². The lowest BCUT2D eigenvalue weighted by atomic mass is 10.0. The molecule has 1 rings (SSSR count). The Labute approximate surface area is 137 Å². The molecule has 22 heavy (non-hydrogen) atoms. The number of ketones is 1. The van der Waals surface area contributed by atoms with Crippen molar-refractivity contribution in [3.8, 4) is 0 Å². The predicted molar refractivity (Wildman–Crippen MR) is 93.9 cm³/mol. The van der Waals surface area contributed by atoms with E-state index in [0.717, 1.165) is 17.2 Å². The molecule has 0 saturated heterocycles. The Bertz CT molecular complexity index is 591. The molecular weight excluding hydrogens is 301 g/mol. The van der Waals surface area contributed by atoms with Gasteiger partial charge in [0.15, 0.2) is 0 Å². The van der Waals surface area contributed by atoms with E-state index >= 15 is 0 Å². The summed E-state index contributed by atoms with van der Waals surface area (Å²) in [6, 6.07) is 5.53. The van der Waals surface area contributed by atoms with Gasteiger partial charge in [0, 0.05) is 12.1 Å². The topological polar surface area (TPSA) is 29.1 Å². The maximum absolute atomic E-state index is 13.7. The monoisotopic (exact) mass is 323 g/mol. The van der Waals surface area contributed by atoms with Crippen molar-refractivity contribution >= 4 is 23.1 Å². The third-order valence-corrected chi connectivity index (χ3v) is 2.84. The number of allylic oxidation sites excluding steroid dienone is 3. The Kier molecular flexibility index (Phi) is 9.11. The molecule has 0 radical (unpaired) electrons. The normalized spacial score (nSPS) is 10.8. The van der Waals surface area contributed by atoms with Gasteiger partial charge in [0.25, 0.3) is 0 Å². The van der Waals surface area contributed by atoms with Crippen molar-refractivity contribution < 1.29 is 9.18 Å². The highest BCUT2D eigenvalue weighted by molar-refractivity contribution is 6.32. The van der Waals surface area contributed by atoms with Crippen molar-refractivity contribution in [1.82, 2.24) is 0 Å². The first-order valence-corrected chi connectivity index (χ1v) is 7.46. The van der Waals surface area contributed by atoms with Crippen LogP contribution in [-0.2, 0) is 11.2 Å². The van der Waals surface area contributed by atoms with Crippen molar-refractivity contribution in [2.24, 2.45) is 0 Å². The fourth-order valence-electron chi connectivity index (χ4n) is 1.75. The van der Waals surface area contributed by atoms with Crippen LogP contribution in [0.15, 0.2) is 54.0 Å². The molecule has 0 amide bonds. The first kappa shape index (κ1) is 20.1. The van der Waals surface area contributed by atoms with E-state index in [2.05, 4.69) is 18.5 Å². The summed E-state index contributed by atoms with van der Waals surface area (Å²) in [6.07, 6.45) is 1.32. The molecule has 1 aromatic carbocycles. The minimum absolute atomic E-state index is 0.0260. The predicted octanol–water partition coefficient (Wildman–Crippen LogP) is 5.68. The van der Waals surface area contributed by atoms with E-state index in [-0.39, 0.29) is 22.9 Å². The number of rotatable bonds is 6. The third kappa shape index (κ3) is 6.27. The molecule has 1 N–H and O–H groups in total. The van der Waals surface area contributed by atoms with E-state index in [1.54, 1.807) is 6.07 Å². The minimum atomic E-state index is -0.598. The molecule has 0 atom stereocenters. The van der Waals surface area contributed by atoms with E-state index < -0.39 is 5.83 Å². The second kappa shape index (κ2) is 9.96. The van der Waals surface area contributed by atoms with Crippen molar-refractivity contribution in [3.05, 3.63) is 65.1 Å². The molecule has 0 unspecified atom stereocenters. The summed E-state index contributed by atoms with van der Waals surface area (Å²) in [4.78, 5) is 11.3. The zero-order chi connectivity index (χ0) is 17.3. The number of halogens is 2. The summed E-state index contributed by atoms with van der Waals surface area (Å²) in [5, 5.41) is 2.92. The van der Waals surface area contributed by atoms with Gasteiger partial charge in [-0.05, 0) is 31.6 Å². The van der Waals surface area contributed by atoms with Crippen LogP contribution < -0.4 is 5.32 Å². The van der Waals surface area contributed by atoms with Gasteiger partial charge in [-0.1, -0.05) is 56.3 Å². The second-order valence-electron chi connectivity index (χ2n) is 4.50. The molecule has 0 aliphatic heterocycles. The molecule has 0 bridgehead atoms. The molecule has 0 fully saturated rings. The van der Waals surface area contributed by atoms with E-state index in [9.17, 15) is 9.18 Å². The number of Topliss-reactive ketones (excluding diaryl/α,β-unsaturated/α-hetero) is 1. The third-order valence-electron chi connectivity index (χ3n) is 2.65. The van der Waals surface area contributed by atoms with E-state index in [4.69, 9.17) is 11.6 Å². The SMILES string of the molecule is C=C/C(F)=C(/Nc1ccc(C)cc1CC(C)=O)C(=C)Cl.CC. The maximum Gasteiger partial charge on any atom is 0.147 e. The summed E-state index contributed by atoms with van der Waals surface area (Å²) < 4.78 is 13.7. The van der Waals surface area contributed by atoms with Crippen LogP contribution in [0.1, 0.15) is 31.9 Å². The summed E-state index contributed by atoms with van der Waals surface area (Å²) in [5.41, 5.74) is 2.48. The summed E-state index contributed by atoms with van der Waals surface area (Å²) in [7, 11) is 0. The van der Waals surface area contributed by atoms with Gasteiger partial charge in [0.05, 0.1) is 10.7 Å². The van der Waals surface area contributed by atoms with E-state index in [1.807, 2.05) is 32.9 Å². The van der Waals surface area contributed by atoms with Crippen LogP contribution in [0, 0.1) is 6.92 Å². The number of anilines is 1. The van der Waals surface area contributed by atoms with Gasteiger partial charge in [-0.25, -0.2) is 4.39 Å². The van der Waals surface area contributed by atoms with Gasteiger partial charge >= 0.3 is 0 Å². The number of carbonyl (C=O) groups is 1. The molecule has 0 spiro atoms. The lowest BCUT2D eigenvalue weighted by molar-refractivity contribution is -0.116. The Morgan fingerprint density at radius 3 is 2.45 bits per heavy atom. The minimum Gasteiger partial charge on any atom is -0.352 e. The van der Waals surface area contributed by atoms with E-state index in [1.165, 1.54) is 6.92 Å². The van der Waals surface area contributed by atoms with Crippen LogP contribution in [0.5, 0.6) is 0 Å². The summed E-state index contributed by atoms with van der Waals surface area (Å²) in [5.74, 6) is -0.572. The highest BCUT2D eigenvalue weighted by Crippen LogP contribution is 2.25. The van der Waals surface area contributed by atoms with E-state index in [0.29, 0.717) is 5.69 Å². The molecule has 2 nitrogen and oxygen atoms in total. The van der Waals surface area contributed by atoms with Gasteiger partial charge in [0.1, 0.15) is 11.6 Å². The number of hydrogen-bond donors (Lipinski definition) is 1. The molecule has 1 aromatic rings. The fourth-order valence-corrected chi connectivity index (χ4v) is 1.89. The zero-order valence-electron chi connectivity index (χ0n) is 13.6. The average molecular weight is 324 g/mol. The van der Waals surface area contributed by atoms with Crippen molar-refractivity contribution in [1.29, 1.82) is 0 Å². The summed E-state index contributed by atoms with van der Waals surface area (Å²) in [6.45, 7) is 14.3. The average Bonchev–Trinajstić information content (AvgIpc) is 2.47. The van der Waals surface area contributed by atoms with Crippen LogP contribution in [0.3, 0.4) is 0 Å². The van der Waals surface area contributed by atoms with Gasteiger partial charge in [-0.3, -0.25) is 4.79 Å². The highest BCUT2D eigenvalue weighted by atomic mass is 35.5. The smallest absolute Gasteiger partial charge is 0.147 e. The molecule has 4 heteroatoms. The number of carbonyl (C=O) groups excluding carboxylic acids is 1. The molecule has 0 aliphatic rings. The number of nitrogens with one attached hydrogen (secondary N) is 1. The maximum atomic E-state index is 13.7. The Balaban J connectivity index is 0.00000211. The molecule has 0 aliphatic carbocycles. The summed E-state index contributed by atoms with van der Waals surface area (Å²) >= 11 is 5.79. The molecule has 0 heterocycles. The Morgan fingerprint density at radius 1 is 1.41 bits per heavy atom. The molecule has 0 aromatic heterocycles. The lowest BCUT2D eigenvalue weighted by Gasteiger charge is -2.14. The van der Waals surface area contributed by atoms with Gasteiger partial charge in [-0.15, -0.1) is 0 Å². The molecular formula is C18H23ClFNO. The van der Waals surface area contributed by atoms with Gasteiger partial charge in [0.2, 0.25) is 0 Å². The van der Waals surface area contributed by atoms with Crippen LogP contribution >= 0.6 is 11.6 Å². The fraction of sp³-hybridized carbons (Fsp3) is 0.278. The van der Waals surface area contributed by atoms with Crippen LogP contribution in [-0.4, -0.2) is 5.78 Å². The molecule has 0 saturated carbocycles. The zero-order valence-corrected chi connectivity index (χ0v) is 14.4. The second-order valence-corrected chi connectivity index (χ2v) is 4.95. The standard InChI is InChI=1S/C16H17ClFNO.C2H6/c1-5-14(18)16(12(4)17)19-15-7-6-10(2)8-13(15)9-11(3)20;1-2/h5-8,19H,1,4,9H2,2-3H3;1-2H3/b16-14-;. The highest BCUT2D eigenvalue weighted by Gasteiger charge is 2.11. The molecule has 120 valence electrons. The van der Waals surface area contributed by atoms with Gasteiger partial charge < -0.3 is 5.32 Å². The lowest BCUT2D eigenvalue weighted by Crippen LogP contribution is -2.07. The first-order valence-electron chi connectivity index (χ1n) is 7.08. The Morgan fingerprint density at radius 2 is 2.00 bits per heavy atom. The number of aryl methyl sites for hydroxylation is 1.